The molecule has 1 aromatic carbocycles. The molecule has 0 saturated carbocycles. The summed E-state index contributed by atoms with van der Waals surface area (Å²) >= 11 is 11.8. The van der Waals surface area contributed by atoms with Gasteiger partial charge in [0.05, 0.1) is 0 Å². The minimum Gasteiger partial charge on any atom is -0.409 e. The van der Waals surface area contributed by atoms with E-state index in [0.29, 0.717) is 10.0 Å². The highest BCUT2D eigenvalue weighted by Gasteiger charge is 2.22. The third kappa shape index (κ3) is 5.17. The summed E-state index contributed by atoms with van der Waals surface area (Å²) < 4.78 is 0. The van der Waals surface area contributed by atoms with Gasteiger partial charge in [-0.2, -0.15) is 0 Å². The molecule has 4 nitrogen and oxygen atoms in total. The van der Waals surface area contributed by atoms with E-state index in [1.54, 1.807) is 6.07 Å². The van der Waals surface area contributed by atoms with Crippen molar-refractivity contribution in [1.29, 1.82) is 0 Å². The lowest BCUT2D eigenvalue weighted by Gasteiger charge is -2.22. The molecule has 0 spiro atoms. The molecule has 6 heteroatoms. The van der Waals surface area contributed by atoms with Gasteiger partial charge in [0.15, 0.2) is 0 Å². The fourth-order valence-electron chi connectivity index (χ4n) is 1.68. The van der Waals surface area contributed by atoms with E-state index in [0.717, 1.165) is 25.1 Å². The zero-order chi connectivity index (χ0) is 14.5. The average Bonchev–Trinajstić information content (AvgIpc) is 2.32. The molecule has 0 atom stereocenters. The van der Waals surface area contributed by atoms with E-state index in [1.165, 1.54) is 0 Å². The zero-order valence-electron chi connectivity index (χ0n) is 11.1. The number of anilines is 1. The molecule has 0 aliphatic rings. The predicted molar refractivity (Wildman–Crippen MR) is 81.4 cm³/mol. The Morgan fingerprint density at radius 3 is 2.42 bits per heavy atom. The van der Waals surface area contributed by atoms with Gasteiger partial charge in [-0.15, -0.1) is 0 Å². The largest absolute Gasteiger partial charge is 0.409 e. The van der Waals surface area contributed by atoms with Crippen LogP contribution in [0.25, 0.3) is 0 Å². The van der Waals surface area contributed by atoms with Gasteiger partial charge in [0.2, 0.25) is 0 Å². The van der Waals surface area contributed by atoms with Gasteiger partial charge < -0.3 is 16.3 Å². The summed E-state index contributed by atoms with van der Waals surface area (Å²) in [6.07, 6.45) is 1.69. The molecule has 0 heterocycles. The molecule has 4 N–H and O–H groups in total. The molecule has 0 radical (unpaired) electrons. The summed E-state index contributed by atoms with van der Waals surface area (Å²) in [4.78, 5) is 0. The predicted octanol–water partition coefficient (Wildman–Crippen LogP) is 3.96. The summed E-state index contributed by atoms with van der Waals surface area (Å²) in [7, 11) is 0. The average molecular weight is 304 g/mol. The quantitative estimate of drug-likeness (QED) is 0.245. The number of nitrogens with zero attached hydrogens (tertiary/aromatic N) is 1. The van der Waals surface area contributed by atoms with Crippen molar-refractivity contribution in [3.63, 3.8) is 0 Å². The van der Waals surface area contributed by atoms with Crippen molar-refractivity contribution in [2.24, 2.45) is 16.3 Å². The summed E-state index contributed by atoms with van der Waals surface area (Å²) in [5, 5.41) is 16.2. The monoisotopic (exact) mass is 303 g/mol. The highest BCUT2D eigenvalue weighted by atomic mass is 35.5. The fraction of sp³-hybridized carbons (Fsp3) is 0.462. The first-order valence-corrected chi connectivity index (χ1v) is 6.79. The lowest BCUT2D eigenvalue weighted by Crippen LogP contribution is -2.32. The molecule has 1 rings (SSSR count). The van der Waals surface area contributed by atoms with E-state index < -0.39 is 0 Å². The normalized spacial score (nSPS) is 12.5. The molecule has 0 amide bonds. The first-order valence-electron chi connectivity index (χ1n) is 6.03. The topological polar surface area (TPSA) is 70.6 Å². The van der Waals surface area contributed by atoms with Gasteiger partial charge in [0, 0.05) is 27.7 Å². The number of hydrogen-bond donors (Lipinski definition) is 3. The third-order valence-electron chi connectivity index (χ3n) is 2.97. The Labute approximate surface area is 123 Å². The summed E-state index contributed by atoms with van der Waals surface area (Å²) in [5.74, 6) is 0.248. The Hall–Kier alpha value is -1.13. The molecule has 0 aliphatic carbocycles. The van der Waals surface area contributed by atoms with E-state index in [-0.39, 0.29) is 11.3 Å². The maximum Gasteiger partial charge on any atom is 0.144 e. The van der Waals surface area contributed by atoms with E-state index in [1.807, 2.05) is 26.0 Å². The number of benzene rings is 1. The minimum atomic E-state index is -0.317. The van der Waals surface area contributed by atoms with E-state index in [9.17, 15) is 0 Å². The Balaban J connectivity index is 2.43. The van der Waals surface area contributed by atoms with Crippen molar-refractivity contribution in [3.8, 4) is 0 Å². The summed E-state index contributed by atoms with van der Waals surface area (Å²) in [5.41, 5.74) is 6.20. The molecule has 0 saturated heterocycles. The van der Waals surface area contributed by atoms with E-state index in [2.05, 4.69) is 10.5 Å². The fourth-order valence-corrected chi connectivity index (χ4v) is 2.21. The van der Waals surface area contributed by atoms with Crippen molar-refractivity contribution in [3.05, 3.63) is 28.2 Å². The zero-order valence-corrected chi connectivity index (χ0v) is 12.6. The van der Waals surface area contributed by atoms with Crippen LogP contribution in [-0.4, -0.2) is 17.6 Å². The molecule has 0 fully saturated rings. The maximum absolute atomic E-state index is 8.68. The first-order chi connectivity index (χ1) is 8.85. The second-order valence-corrected chi connectivity index (χ2v) is 5.93. The van der Waals surface area contributed by atoms with Gasteiger partial charge in [-0.1, -0.05) is 42.2 Å². The van der Waals surface area contributed by atoms with Crippen LogP contribution >= 0.6 is 23.2 Å². The van der Waals surface area contributed by atoms with Gasteiger partial charge in [-0.3, -0.25) is 0 Å². The van der Waals surface area contributed by atoms with Crippen molar-refractivity contribution in [1.82, 2.24) is 0 Å². The molecule has 0 aromatic heterocycles. The van der Waals surface area contributed by atoms with Crippen molar-refractivity contribution < 1.29 is 5.21 Å². The highest BCUT2D eigenvalue weighted by molar-refractivity contribution is 6.35. The standard InChI is InChI=1S/C13H19Cl2N3O/c1-13(2,12(16)18-19)4-3-5-17-11-7-9(14)6-10(15)8-11/h6-8,17,19H,3-5H2,1-2H3,(H2,16,18). The van der Waals surface area contributed by atoms with Crippen LogP contribution < -0.4 is 11.1 Å². The number of hydrogen-bond acceptors (Lipinski definition) is 3. The molecule has 0 aliphatic heterocycles. The van der Waals surface area contributed by atoms with Gasteiger partial charge in [-0.05, 0) is 31.0 Å². The van der Waals surface area contributed by atoms with Crippen LogP contribution in [0.2, 0.25) is 10.0 Å². The Bertz CT molecular complexity index is 441. The Kier molecular flexibility index (Phi) is 5.76. The second-order valence-electron chi connectivity index (χ2n) is 5.06. The van der Waals surface area contributed by atoms with Crippen LogP contribution in [0, 0.1) is 5.41 Å². The van der Waals surface area contributed by atoms with Gasteiger partial charge in [-0.25, -0.2) is 0 Å². The maximum atomic E-state index is 8.68. The summed E-state index contributed by atoms with van der Waals surface area (Å²) in [6.45, 7) is 4.65. The summed E-state index contributed by atoms with van der Waals surface area (Å²) in [6, 6.07) is 5.33. The number of nitrogens with one attached hydrogen (secondary N) is 1. The third-order valence-corrected chi connectivity index (χ3v) is 3.41. The smallest absolute Gasteiger partial charge is 0.144 e. The van der Waals surface area contributed by atoms with E-state index >= 15 is 0 Å². The van der Waals surface area contributed by atoms with Crippen molar-refractivity contribution >= 4 is 34.7 Å². The number of rotatable bonds is 6. The van der Waals surface area contributed by atoms with Gasteiger partial charge >= 0.3 is 0 Å². The highest BCUT2D eigenvalue weighted by Crippen LogP contribution is 2.24. The Morgan fingerprint density at radius 2 is 1.89 bits per heavy atom. The van der Waals surface area contributed by atoms with Crippen LogP contribution in [0.1, 0.15) is 26.7 Å². The van der Waals surface area contributed by atoms with E-state index in [4.69, 9.17) is 34.1 Å². The van der Waals surface area contributed by atoms with Crippen LogP contribution in [-0.2, 0) is 0 Å². The molecule has 0 unspecified atom stereocenters. The van der Waals surface area contributed by atoms with Crippen LogP contribution in [0.5, 0.6) is 0 Å². The lowest BCUT2D eigenvalue weighted by atomic mass is 9.86. The number of amidine groups is 1. The van der Waals surface area contributed by atoms with Crippen molar-refractivity contribution in [2.75, 3.05) is 11.9 Å². The molecule has 1 aromatic rings. The van der Waals surface area contributed by atoms with Crippen LogP contribution in [0.3, 0.4) is 0 Å². The molecule has 19 heavy (non-hydrogen) atoms. The number of oxime groups is 1. The van der Waals surface area contributed by atoms with Crippen LogP contribution in [0.15, 0.2) is 23.4 Å². The minimum absolute atomic E-state index is 0.248. The SMILES string of the molecule is CC(C)(CCCNc1cc(Cl)cc(Cl)c1)C(N)=NO. The first kappa shape index (κ1) is 15.9. The Morgan fingerprint density at radius 1 is 1.32 bits per heavy atom. The lowest BCUT2D eigenvalue weighted by molar-refractivity contribution is 0.305. The molecule has 106 valence electrons. The second kappa shape index (κ2) is 6.87. The van der Waals surface area contributed by atoms with Crippen LogP contribution in [0.4, 0.5) is 5.69 Å². The molecule has 0 bridgehead atoms. The number of nitrogens with two attached hydrogens (primary N) is 1. The number of halogens is 2. The van der Waals surface area contributed by atoms with Gasteiger partial charge in [0.1, 0.15) is 5.84 Å². The van der Waals surface area contributed by atoms with Gasteiger partial charge in [0.25, 0.3) is 0 Å². The molecular formula is C13H19Cl2N3O. The van der Waals surface area contributed by atoms with Crippen molar-refractivity contribution in [2.45, 2.75) is 26.7 Å². The molecular weight excluding hydrogens is 285 g/mol.